The van der Waals surface area contributed by atoms with Crippen molar-refractivity contribution in [3.05, 3.63) is 12.2 Å². The summed E-state index contributed by atoms with van der Waals surface area (Å²) in [5, 5.41) is 38.1. The van der Waals surface area contributed by atoms with Gasteiger partial charge in [-0.3, -0.25) is 4.79 Å². The number of carboxylic acid groups (broad SMARTS) is 1. The van der Waals surface area contributed by atoms with Gasteiger partial charge in [0.15, 0.2) is 0 Å². The van der Waals surface area contributed by atoms with Gasteiger partial charge in [0.25, 0.3) is 0 Å². The summed E-state index contributed by atoms with van der Waals surface area (Å²) in [6, 6.07) is 0. The number of aliphatic hydroxyl groups is 3. The van der Waals surface area contributed by atoms with Gasteiger partial charge in [-0.1, -0.05) is 12.2 Å². The van der Waals surface area contributed by atoms with Crippen molar-refractivity contribution in [2.75, 3.05) is 17.3 Å². The maximum absolute atomic E-state index is 10.5. The van der Waals surface area contributed by atoms with Crippen molar-refractivity contribution in [3.63, 3.8) is 0 Å². The van der Waals surface area contributed by atoms with E-state index in [0.717, 1.165) is 24.3 Å². The van der Waals surface area contributed by atoms with Crippen LogP contribution in [0, 0.1) is 5.92 Å². The third kappa shape index (κ3) is 9.85. The van der Waals surface area contributed by atoms with Crippen LogP contribution in [0.5, 0.6) is 0 Å². The molecule has 0 bridgehead atoms. The monoisotopic (exact) mass is 426 g/mol. The molecular weight excluding hydrogens is 396 g/mol. The first-order valence-electron chi connectivity index (χ1n) is 9.09. The van der Waals surface area contributed by atoms with Crippen LogP contribution >= 0.6 is 35.1 Å². The Morgan fingerprint density at radius 1 is 1.27 bits per heavy atom. The van der Waals surface area contributed by atoms with Crippen LogP contribution in [0.1, 0.15) is 39.0 Å². The molecule has 1 aliphatic carbocycles. The van der Waals surface area contributed by atoms with Crippen molar-refractivity contribution in [2.45, 2.75) is 68.0 Å². The first-order valence-corrected chi connectivity index (χ1v) is 11.7. The Morgan fingerprint density at radius 3 is 2.65 bits per heavy atom. The van der Waals surface area contributed by atoms with Crippen LogP contribution in [0.15, 0.2) is 12.2 Å². The summed E-state index contributed by atoms with van der Waals surface area (Å²) in [6.45, 7) is 1.74. The smallest absolute Gasteiger partial charge is 0.313 e. The fourth-order valence-corrected chi connectivity index (χ4v) is 5.77. The van der Waals surface area contributed by atoms with E-state index < -0.39 is 18.2 Å². The molecule has 26 heavy (non-hydrogen) atoms. The van der Waals surface area contributed by atoms with E-state index in [1.54, 1.807) is 24.8 Å². The molecule has 8 heteroatoms. The molecule has 0 aromatic heterocycles. The van der Waals surface area contributed by atoms with E-state index in [0.29, 0.717) is 19.3 Å². The normalized spacial score (nSPS) is 28.5. The van der Waals surface area contributed by atoms with Crippen molar-refractivity contribution in [2.24, 2.45) is 5.92 Å². The van der Waals surface area contributed by atoms with Gasteiger partial charge in [0.2, 0.25) is 0 Å². The van der Waals surface area contributed by atoms with Crippen molar-refractivity contribution >= 4 is 41.1 Å². The zero-order valence-corrected chi connectivity index (χ0v) is 17.6. The maximum Gasteiger partial charge on any atom is 0.313 e. The van der Waals surface area contributed by atoms with E-state index in [1.165, 1.54) is 11.8 Å². The van der Waals surface area contributed by atoms with Gasteiger partial charge < -0.3 is 20.4 Å². The third-order valence-corrected chi connectivity index (χ3v) is 7.47. The van der Waals surface area contributed by atoms with Crippen molar-refractivity contribution in [1.82, 2.24) is 0 Å². The van der Waals surface area contributed by atoms with Crippen LogP contribution < -0.4 is 0 Å². The molecule has 1 rings (SSSR count). The second-order valence-electron chi connectivity index (χ2n) is 6.76. The van der Waals surface area contributed by atoms with Crippen LogP contribution in [0.3, 0.4) is 0 Å². The van der Waals surface area contributed by atoms with Crippen LogP contribution in [0.4, 0.5) is 0 Å². The Kier molecular flexibility index (Phi) is 12.3. The second kappa shape index (κ2) is 13.3. The Labute approximate surface area is 169 Å². The number of hydrogen-bond acceptors (Lipinski definition) is 6. The van der Waals surface area contributed by atoms with Gasteiger partial charge in [0.05, 0.1) is 24.1 Å². The van der Waals surface area contributed by atoms with E-state index in [4.69, 9.17) is 16.7 Å². The Morgan fingerprint density at radius 2 is 2.00 bits per heavy atom. The van der Waals surface area contributed by atoms with E-state index in [1.807, 2.05) is 6.08 Å². The number of alkyl halides is 1. The Hall–Kier alpha value is 0.0800. The van der Waals surface area contributed by atoms with Gasteiger partial charge in [0.1, 0.15) is 0 Å². The SMILES string of the molecule is C[C@@H](O)CCC[C@H](O)/C=C/[C@@H]1[C@@H](SCCCSCC(=O)O)[C@H](Cl)C[C@H]1O. The molecule has 6 atom stereocenters. The number of aliphatic carboxylic acids is 1. The van der Waals surface area contributed by atoms with Crippen molar-refractivity contribution in [1.29, 1.82) is 0 Å². The highest BCUT2D eigenvalue weighted by Gasteiger charge is 2.40. The predicted molar refractivity (Wildman–Crippen MR) is 110 cm³/mol. The predicted octanol–water partition coefficient (Wildman–Crippen LogP) is 2.75. The van der Waals surface area contributed by atoms with Crippen LogP contribution in [0.25, 0.3) is 0 Å². The average molecular weight is 427 g/mol. The molecule has 1 aliphatic rings. The molecule has 0 aromatic rings. The third-order valence-electron chi connectivity index (χ3n) is 4.29. The average Bonchev–Trinajstić information content (AvgIpc) is 2.81. The van der Waals surface area contributed by atoms with Crippen molar-refractivity contribution in [3.8, 4) is 0 Å². The summed E-state index contributed by atoms with van der Waals surface area (Å²) in [7, 11) is 0. The molecule has 0 aliphatic heterocycles. The molecular formula is C18H31ClO5S2. The molecule has 1 fully saturated rings. The molecule has 0 aromatic carbocycles. The number of carboxylic acids is 1. The maximum atomic E-state index is 10.5. The number of halogens is 1. The van der Waals surface area contributed by atoms with Gasteiger partial charge in [-0.05, 0) is 50.5 Å². The Balaban J connectivity index is 2.38. The van der Waals surface area contributed by atoms with Crippen LogP contribution in [0.2, 0.25) is 0 Å². The molecule has 5 nitrogen and oxygen atoms in total. The molecule has 0 spiro atoms. The minimum Gasteiger partial charge on any atom is -0.481 e. The largest absolute Gasteiger partial charge is 0.481 e. The lowest BCUT2D eigenvalue weighted by Gasteiger charge is -2.20. The van der Waals surface area contributed by atoms with E-state index in [-0.39, 0.29) is 28.4 Å². The van der Waals surface area contributed by atoms with Crippen molar-refractivity contribution < 1.29 is 25.2 Å². The number of carbonyl (C=O) groups is 1. The van der Waals surface area contributed by atoms with Gasteiger partial charge in [0, 0.05) is 16.5 Å². The minimum atomic E-state index is -0.792. The molecule has 0 radical (unpaired) electrons. The molecule has 0 saturated heterocycles. The highest BCUT2D eigenvalue weighted by molar-refractivity contribution is 8.00. The number of aliphatic hydroxyl groups excluding tert-OH is 3. The topological polar surface area (TPSA) is 98.0 Å². The van der Waals surface area contributed by atoms with E-state index in [2.05, 4.69) is 0 Å². The number of thioether (sulfide) groups is 2. The lowest BCUT2D eigenvalue weighted by molar-refractivity contribution is -0.133. The van der Waals surface area contributed by atoms with E-state index in [9.17, 15) is 20.1 Å². The van der Waals surface area contributed by atoms with Gasteiger partial charge in [-0.25, -0.2) is 0 Å². The molecule has 0 amide bonds. The molecule has 0 heterocycles. The first-order chi connectivity index (χ1) is 12.3. The zero-order valence-electron chi connectivity index (χ0n) is 15.2. The quantitative estimate of drug-likeness (QED) is 0.204. The summed E-state index contributed by atoms with van der Waals surface area (Å²) < 4.78 is 0. The van der Waals surface area contributed by atoms with Crippen LogP contribution in [-0.4, -0.2) is 72.6 Å². The lowest BCUT2D eigenvalue weighted by atomic mass is 10.0. The van der Waals surface area contributed by atoms with Gasteiger partial charge in [-0.2, -0.15) is 23.5 Å². The summed E-state index contributed by atoms with van der Waals surface area (Å²) in [5.74, 6) is 0.919. The standard InChI is InChI=1S/C18H31ClO5S2/c1-12(20)4-2-5-13(21)6-7-14-16(22)10-15(19)18(14)26-9-3-8-25-11-17(23)24/h6-7,12-16,18,20-22H,2-5,8-11H2,1H3,(H,23,24)/b7-6+/t12-,13+,14+,15-,16-,18-/m1/s1. The fraction of sp³-hybridized carbons (Fsp3) is 0.833. The molecule has 4 N–H and O–H groups in total. The molecule has 0 unspecified atom stereocenters. The summed E-state index contributed by atoms with van der Waals surface area (Å²) >= 11 is 9.52. The highest BCUT2D eigenvalue weighted by atomic mass is 35.5. The second-order valence-corrected chi connectivity index (χ2v) is 9.72. The first kappa shape index (κ1) is 24.1. The van der Waals surface area contributed by atoms with Gasteiger partial charge >= 0.3 is 5.97 Å². The zero-order chi connectivity index (χ0) is 19.5. The highest BCUT2D eigenvalue weighted by Crippen LogP contribution is 2.40. The Bertz CT molecular complexity index is 436. The minimum absolute atomic E-state index is 0.0828. The van der Waals surface area contributed by atoms with Crippen LogP contribution in [-0.2, 0) is 4.79 Å². The fourth-order valence-electron chi connectivity index (χ4n) is 2.95. The van der Waals surface area contributed by atoms with E-state index >= 15 is 0 Å². The summed E-state index contributed by atoms with van der Waals surface area (Å²) in [4.78, 5) is 10.5. The number of hydrogen-bond donors (Lipinski definition) is 4. The van der Waals surface area contributed by atoms with Gasteiger partial charge in [-0.15, -0.1) is 11.6 Å². The number of rotatable bonds is 13. The lowest BCUT2D eigenvalue weighted by Crippen LogP contribution is -2.22. The molecule has 152 valence electrons. The summed E-state index contributed by atoms with van der Waals surface area (Å²) in [6.07, 6.45) is 5.64. The molecule has 1 saturated carbocycles. The summed E-state index contributed by atoms with van der Waals surface area (Å²) in [5.41, 5.74) is 0.